The summed E-state index contributed by atoms with van der Waals surface area (Å²) in [6.45, 7) is 11.1. The molecule has 0 aliphatic heterocycles. The van der Waals surface area contributed by atoms with Crippen LogP contribution in [0, 0.1) is 5.41 Å². The van der Waals surface area contributed by atoms with Crippen molar-refractivity contribution in [2.75, 3.05) is 19.3 Å². The van der Waals surface area contributed by atoms with Crippen LogP contribution in [0.3, 0.4) is 0 Å². The second kappa shape index (κ2) is 5.54. The normalized spacial score (nSPS) is 14.2. The van der Waals surface area contributed by atoms with Gasteiger partial charge in [-0.05, 0) is 38.4 Å². The Morgan fingerprint density at radius 1 is 1.47 bits per heavy atom. The van der Waals surface area contributed by atoms with Gasteiger partial charge in [-0.1, -0.05) is 20.8 Å². The predicted molar refractivity (Wildman–Crippen MR) is 72.8 cm³/mol. The zero-order valence-corrected chi connectivity index (χ0v) is 11.8. The summed E-state index contributed by atoms with van der Waals surface area (Å²) in [4.78, 5) is 2.41. The lowest BCUT2D eigenvalue weighted by atomic mass is 9.87. The van der Waals surface area contributed by atoms with Crippen molar-refractivity contribution >= 4 is 5.82 Å². The van der Waals surface area contributed by atoms with E-state index >= 15 is 0 Å². The Morgan fingerprint density at radius 2 is 2.12 bits per heavy atom. The van der Waals surface area contributed by atoms with Gasteiger partial charge >= 0.3 is 0 Å². The van der Waals surface area contributed by atoms with Gasteiger partial charge in [0.1, 0.15) is 5.82 Å². The van der Waals surface area contributed by atoms with Crippen molar-refractivity contribution in [3.05, 3.63) is 12.3 Å². The van der Waals surface area contributed by atoms with Crippen LogP contribution >= 0.6 is 0 Å². The van der Waals surface area contributed by atoms with E-state index in [1.54, 1.807) is 0 Å². The van der Waals surface area contributed by atoms with Crippen molar-refractivity contribution in [1.82, 2.24) is 14.7 Å². The number of nitrogen functional groups attached to an aromatic ring is 1. The van der Waals surface area contributed by atoms with Crippen molar-refractivity contribution in [2.24, 2.45) is 5.41 Å². The molecule has 0 saturated carbocycles. The SMILES string of the molecule is CC(N(C)CCCn1ccc(N)n1)C(C)(C)C. The highest BCUT2D eigenvalue weighted by Crippen LogP contribution is 2.22. The van der Waals surface area contributed by atoms with Crippen LogP contribution in [0.15, 0.2) is 12.3 Å². The van der Waals surface area contributed by atoms with Crippen molar-refractivity contribution in [3.8, 4) is 0 Å². The summed E-state index contributed by atoms with van der Waals surface area (Å²) < 4.78 is 1.91. The summed E-state index contributed by atoms with van der Waals surface area (Å²) in [5, 5.41) is 4.18. The summed E-state index contributed by atoms with van der Waals surface area (Å²) in [6.07, 6.45) is 3.03. The van der Waals surface area contributed by atoms with Crippen LogP contribution in [-0.2, 0) is 6.54 Å². The van der Waals surface area contributed by atoms with Crippen molar-refractivity contribution in [3.63, 3.8) is 0 Å². The quantitative estimate of drug-likeness (QED) is 0.855. The molecule has 0 aromatic carbocycles. The molecule has 0 aliphatic rings. The van der Waals surface area contributed by atoms with E-state index in [0.717, 1.165) is 19.5 Å². The fourth-order valence-electron chi connectivity index (χ4n) is 1.84. The molecule has 2 N–H and O–H groups in total. The average Bonchev–Trinajstić information content (AvgIpc) is 2.61. The van der Waals surface area contributed by atoms with Crippen molar-refractivity contribution in [2.45, 2.75) is 46.7 Å². The van der Waals surface area contributed by atoms with E-state index in [0.29, 0.717) is 17.3 Å². The Labute approximate surface area is 105 Å². The third kappa shape index (κ3) is 4.38. The van der Waals surface area contributed by atoms with Gasteiger partial charge in [-0.15, -0.1) is 0 Å². The highest BCUT2D eigenvalue weighted by molar-refractivity contribution is 5.23. The predicted octanol–water partition coefficient (Wildman–Crippen LogP) is 2.22. The van der Waals surface area contributed by atoms with Crippen LogP contribution in [0.1, 0.15) is 34.1 Å². The molecule has 4 heteroatoms. The highest BCUT2D eigenvalue weighted by atomic mass is 15.3. The summed E-state index contributed by atoms with van der Waals surface area (Å²) in [5.41, 5.74) is 5.90. The molecule has 0 amide bonds. The maximum atomic E-state index is 5.57. The lowest BCUT2D eigenvalue weighted by Crippen LogP contribution is -2.40. The Hall–Kier alpha value is -1.03. The zero-order chi connectivity index (χ0) is 13.1. The van der Waals surface area contributed by atoms with E-state index in [1.807, 2.05) is 16.9 Å². The standard InChI is InChI=1S/C13H26N4/c1-11(13(2,3)4)16(5)8-6-9-17-10-7-12(14)15-17/h7,10-11H,6,8-9H2,1-5H3,(H2,14,15). The Kier molecular flexibility index (Phi) is 4.57. The van der Waals surface area contributed by atoms with Gasteiger partial charge in [-0.25, -0.2) is 0 Å². The van der Waals surface area contributed by atoms with Gasteiger partial charge in [-0.3, -0.25) is 4.68 Å². The van der Waals surface area contributed by atoms with Crippen LogP contribution in [-0.4, -0.2) is 34.3 Å². The van der Waals surface area contributed by atoms with E-state index in [9.17, 15) is 0 Å². The minimum absolute atomic E-state index is 0.324. The van der Waals surface area contributed by atoms with Crippen LogP contribution in [0.2, 0.25) is 0 Å². The minimum atomic E-state index is 0.324. The number of nitrogens with zero attached hydrogens (tertiary/aromatic N) is 3. The number of nitrogens with two attached hydrogens (primary N) is 1. The Morgan fingerprint density at radius 3 is 2.59 bits per heavy atom. The number of hydrogen-bond donors (Lipinski definition) is 1. The van der Waals surface area contributed by atoms with Gasteiger partial charge in [0.25, 0.3) is 0 Å². The van der Waals surface area contributed by atoms with E-state index in [2.05, 4.69) is 44.7 Å². The molecule has 0 fully saturated rings. The lowest BCUT2D eigenvalue weighted by molar-refractivity contribution is 0.138. The monoisotopic (exact) mass is 238 g/mol. The summed E-state index contributed by atoms with van der Waals surface area (Å²) in [6, 6.07) is 2.41. The third-order valence-corrected chi connectivity index (χ3v) is 3.47. The fourth-order valence-corrected chi connectivity index (χ4v) is 1.84. The van der Waals surface area contributed by atoms with Gasteiger partial charge in [0, 0.05) is 18.8 Å². The molecule has 1 aromatic rings. The maximum absolute atomic E-state index is 5.57. The van der Waals surface area contributed by atoms with Crippen LogP contribution in [0.4, 0.5) is 5.82 Å². The molecule has 0 radical (unpaired) electrons. The molecule has 0 saturated heterocycles. The molecule has 0 aliphatic carbocycles. The van der Waals surface area contributed by atoms with Gasteiger partial charge in [0.15, 0.2) is 0 Å². The highest BCUT2D eigenvalue weighted by Gasteiger charge is 2.23. The first-order chi connectivity index (χ1) is 7.80. The smallest absolute Gasteiger partial charge is 0.145 e. The van der Waals surface area contributed by atoms with E-state index in [-0.39, 0.29) is 0 Å². The number of aryl methyl sites for hydroxylation is 1. The molecule has 1 unspecified atom stereocenters. The zero-order valence-electron chi connectivity index (χ0n) is 11.8. The molecular weight excluding hydrogens is 212 g/mol. The minimum Gasteiger partial charge on any atom is -0.382 e. The molecule has 1 aromatic heterocycles. The first-order valence-corrected chi connectivity index (χ1v) is 6.30. The molecule has 17 heavy (non-hydrogen) atoms. The Bertz CT molecular complexity index is 337. The second-order valence-corrected chi connectivity index (χ2v) is 5.88. The first kappa shape index (κ1) is 14.0. The van der Waals surface area contributed by atoms with Crippen LogP contribution in [0.5, 0.6) is 0 Å². The molecule has 1 rings (SSSR count). The van der Waals surface area contributed by atoms with E-state index < -0.39 is 0 Å². The fraction of sp³-hybridized carbons (Fsp3) is 0.769. The molecule has 98 valence electrons. The van der Waals surface area contributed by atoms with Crippen LogP contribution in [0.25, 0.3) is 0 Å². The van der Waals surface area contributed by atoms with Gasteiger partial charge in [0.05, 0.1) is 0 Å². The Balaban J connectivity index is 2.31. The number of rotatable bonds is 5. The number of anilines is 1. The number of hydrogen-bond acceptors (Lipinski definition) is 3. The van der Waals surface area contributed by atoms with Gasteiger partial charge in [-0.2, -0.15) is 5.10 Å². The van der Waals surface area contributed by atoms with Crippen LogP contribution < -0.4 is 5.73 Å². The maximum Gasteiger partial charge on any atom is 0.145 e. The molecule has 1 atom stereocenters. The largest absolute Gasteiger partial charge is 0.382 e. The van der Waals surface area contributed by atoms with E-state index in [1.165, 1.54) is 0 Å². The average molecular weight is 238 g/mol. The number of aromatic nitrogens is 2. The van der Waals surface area contributed by atoms with Gasteiger partial charge < -0.3 is 10.6 Å². The summed E-state index contributed by atoms with van der Waals surface area (Å²) in [7, 11) is 2.19. The van der Waals surface area contributed by atoms with Crippen molar-refractivity contribution in [1.29, 1.82) is 0 Å². The van der Waals surface area contributed by atoms with E-state index in [4.69, 9.17) is 5.73 Å². The molecule has 1 heterocycles. The second-order valence-electron chi connectivity index (χ2n) is 5.88. The topological polar surface area (TPSA) is 47.1 Å². The third-order valence-electron chi connectivity index (χ3n) is 3.47. The molecule has 0 spiro atoms. The summed E-state index contributed by atoms with van der Waals surface area (Å²) >= 11 is 0. The molecule has 4 nitrogen and oxygen atoms in total. The van der Waals surface area contributed by atoms with Crippen molar-refractivity contribution < 1.29 is 0 Å². The molecular formula is C13H26N4. The van der Waals surface area contributed by atoms with Gasteiger partial charge in [0.2, 0.25) is 0 Å². The first-order valence-electron chi connectivity index (χ1n) is 6.30. The summed E-state index contributed by atoms with van der Waals surface area (Å²) in [5.74, 6) is 0.599. The lowest BCUT2D eigenvalue weighted by Gasteiger charge is -2.35. The molecule has 0 bridgehead atoms.